The monoisotopic (exact) mass is 381 g/mol. The van der Waals surface area contributed by atoms with Crippen molar-refractivity contribution in [3.05, 3.63) is 59.7 Å². The Morgan fingerprint density at radius 1 is 0.964 bits per heavy atom. The van der Waals surface area contributed by atoms with Crippen molar-refractivity contribution in [1.82, 2.24) is 10.2 Å². The molecule has 2 aromatic rings. The summed E-state index contributed by atoms with van der Waals surface area (Å²) in [4.78, 5) is 28.5. The highest BCUT2D eigenvalue weighted by atomic mass is 16.5. The van der Waals surface area contributed by atoms with E-state index in [9.17, 15) is 9.59 Å². The molecule has 28 heavy (non-hydrogen) atoms. The van der Waals surface area contributed by atoms with Gasteiger partial charge in [-0.25, -0.2) is 0 Å². The average molecular weight is 381 g/mol. The van der Waals surface area contributed by atoms with Gasteiger partial charge < -0.3 is 19.9 Å². The number of anilines is 1. The Morgan fingerprint density at radius 3 is 2.21 bits per heavy atom. The molecule has 3 rings (SSSR count). The predicted octanol–water partition coefficient (Wildman–Crippen LogP) is 2.36. The maximum absolute atomic E-state index is 12.4. The number of rotatable bonds is 6. The van der Waals surface area contributed by atoms with E-state index in [4.69, 9.17) is 4.74 Å². The number of carbonyl (C=O) groups is 2. The van der Waals surface area contributed by atoms with Crippen molar-refractivity contribution in [1.29, 1.82) is 0 Å². The van der Waals surface area contributed by atoms with E-state index in [-0.39, 0.29) is 18.2 Å². The number of amides is 2. The van der Waals surface area contributed by atoms with E-state index < -0.39 is 0 Å². The molecule has 0 atom stereocenters. The summed E-state index contributed by atoms with van der Waals surface area (Å²) in [5.74, 6) is 0.480. The summed E-state index contributed by atoms with van der Waals surface area (Å²) in [6.07, 6.45) is -0.103. The Labute approximate surface area is 166 Å². The van der Waals surface area contributed by atoms with Crippen LogP contribution in [0, 0.1) is 6.92 Å². The Bertz CT molecular complexity index is 795. The summed E-state index contributed by atoms with van der Waals surface area (Å²) >= 11 is 0. The van der Waals surface area contributed by atoms with Gasteiger partial charge in [0.25, 0.3) is 0 Å². The SMILES string of the molecule is COc1ccc(N2CCN(C(=O)CC(=O)NCc3ccc(C)cc3)CC2)cc1. The molecule has 1 aliphatic heterocycles. The molecular weight excluding hydrogens is 354 g/mol. The molecule has 1 N–H and O–H groups in total. The molecule has 0 bridgehead atoms. The lowest BCUT2D eigenvalue weighted by atomic mass is 10.1. The summed E-state index contributed by atoms with van der Waals surface area (Å²) in [7, 11) is 1.65. The highest BCUT2D eigenvalue weighted by molar-refractivity contribution is 5.96. The first-order valence-electron chi connectivity index (χ1n) is 9.54. The fourth-order valence-electron chi connectivity index (χ4n) is 3.23. The van der Waals surface area contributed by atoms with Crippen LogP contribution in [-0.2, 0) is 16.1 Å². The number of hydrogen-bond acceptors (Lipinski definition) is 4. The molecular formula is C22H27N3O3. The van der Waals surface area contributed by atoms with Crippen molar-refractivity contribution < 1.29 is 14.3 Å². The second-order valence-corrected chi connectivity index (χ2v) is 7.00. The highest BCUT2D eigenvalue weighted by Gasteiger charge is 2.22. The second-order valence-electron chi connectivity index (χ2n) is 7.00. The molecule has 0 aliphatic carbocycles. The van der Waals surface area contributed by atoms with Gasteiger partial charge in [-0.3, -0.25) is 9.59 Å². The first-order valence-corrected chi connectivity index (χ1v) is 9.54. The number of piperazine rings is 1. The quantitative estimate of drug-likeness (QED) is 0.781. The first kappa shape index (κ1) is 19.7. The van der Waals surface area contributed by atoms with Crippen LogP contribution < -0.4 is 15.0 Å². The van der Waals surface area contributed by atoms with Crippen molar-refractivity contribution in [3.63, 3.8) is 0 Å². The van der Waals surface area contributed by atoms with E-state index in [0.717, 1.165) is 30.1 Å². The number of methoxy groups -OCH3 is 1. The molecule has 0 spiro atoms. The Morgan fingerprint density at radius 2 is 1.61 bits per heavy atom. The summed E-state index contributed by atoms with van der Waals surface area (Å²) in [5, 5.41) is 2.83. The van der Waals surface area contributed by atoms with Crippen LogP contribution in [0.1, 0.15) is 17.5 Å². The molecule has 1 saturated heterocycles. The van der Waals surface area contributed by atoms with Crippen molar-refractivity contribution in [2.75, 3.05) is 38.2 Å². The molecule has 1 fully saturated rings. The zero-order valence-electron chi connectivity index (χ0n) is 16.5. The molecule has 0 radical (unpaired) electrons. The fourth-order valence-corrected chi connectivity index (χ4v) is 3.23. The van der Waals surface area contributed by atoms with E-state index in [1.165, 1.54) is 5.56 Å². The average Bonchev–Trinajstić information content (AvgIpc) is 2.73. The molecule has 0 unspecified atom stereocenters. The van der Waals surface area contributed by atoms with Gasteiger partial charge in [-0.05, 0) is 36.8 Å². The van der Waals surface area contributed by atoms with Gasteiger partial charge in [0.2, 0.25) is 11.8 Å². The minimum absolute atomic E-state index is 0.103. The zero-order chi connectivity index (χ0) is 19.9. The van der Waals surface area contributed by atoms with Gasteiger partial charge in [-0.1, -0.05) is 29.8 Å². The van der Waals surface area contributed by atoms with Gasteiger partial charge in [0.05, 0.1) is 7.11 Å². The third kappa shape index (κ3) is 5.25. The topological polar surface area (TPSA) is 61.9 Å². The Hall–Kier alpha value is -3.02. The fraction of sp³-hybridized carbons (Fsp3) is 0.364. The predicted molar refractivity (Wildman–Crippen MR) is 109 cm³/mol. The molecule has 2 aromatic carbocycles. The van der Waals surface area contributed by atoms with Gasteiger partial charge in [0, 0.05) is 38.4 Å². The Balaban J connectivity index is 1.42. The summed E-state index contributed by atoms with van der Waals surface area (Å²) in [5.41, 5.74) is 3.32. The summed E-state index contributed by atoms with van der Waals surface area (Å²) in [6, 6.07) is 15.9. The van der Waals surface area contributed by atoms with Crippen LogP contribution in [0.3, 0.4) is 0 Å². The maximum atomic E-state index is 12.4. The molecule has 0 saturated carbocycles. The number of nitrogens with zero attached hydrogens (tertiary/aromatic N) is 2. The summed E-state index contributed by atoms with van der Waals surface area (Å²) < 4.78 is 5.19. The molecule has 148 valence electrons. The normalized spacial score (nSPS) is 13.9. The minimum atomic E-state index is -0.233. The van der Waals surface area contributed by atoms with Gasteiger partial charge in [-0.2, -0.15) is 0 Å². The van der Waals surface area contributed by atoms with Crippen LogP contribution >= 0.6 is 0 Å². The largest absolute Gasteiger partial charge is 0.497 e. The first-order chi connectivity index (χ1) is 13.5. The Kier molecular flexibility index (Phi) is 6.53. The van der Waals surface area contributed by atoms with Crippen LogP contribution in [0.25, 0.3) is 0 Å². The van der Waals surface area contributed by atoms with Gasteiger partial charge >= 0.3 is 0 Å². The lowest BCUT2D eigenvalue weighted by molar-refractivity contribution is -0.136. The molecule has 6 heteroatoms. The number of carbonyl (C=O) groups excluding carboxylic acids is 2. The zero-order valence-corrected chi connectivity index (χ0v) is 16.5. The molecule has 1 heterocycles. The molecule has 2 amide bonds. The number of hydrogen-bond donors (Lipinski definition) is 1. The van der Waals surface area contributed by atoms with E-state index >= 15 is 0 Å². The minimum Gasteiger partial charge on any atom is -0.497 e. The second kappa shape index (κ2) is 9.26. The third-order valence-electron chi connectivity index (χ3n) is 4.99. The maximum Gasteiger partial charge on any atom is 0.232 e. The van der Waals surface area contributed by atoms with E-state index in [2.05, 4.69) is 10.2 Å². The van der Waals surface area contributed by atoms with Crippen LogP contribution in [0.2, 0.25) is 0 Å². The molecule has 0 aromatic heterocycles. The lowest BCUT2D eigenvalue weighted by Crippen LogP contribution is -2.49. The van der Waals surface area contributed by atoms with Crippen molar-refractivity contribution in [3.8, 4) is 5.75 Å². The van der Waals surface area contributed by atoms with Crippen LogP contribution in [0.4, 0.5) is 5.69 Å². The number of benzene rings is 2. The molecule has 1 aliphatic rings. The summed E-state index contributed by atoms with van der Waals surface area (Å²) in [6.45, 7) is 5.21. The number of aryl methyl sites for hydroxylation is 1. The van der Waals surface area contributed by atoms with Gasteiger partial charge in [-0.15, -0.1) is 0 Å². The van der Waals surface area contributed by atoms with Crippen molar-refractivity contribution in [2.24, 2.45) is 0 Å². The number of nitrogens with one attached hydrogen (secondary N) is 1. The third-order valence-corrected chi connectivity index (χ3v) is 4.99. The van der Waals surface area contributed by atoms with E-state index in [1.807, 2.05) is 55.5 Å². The van der Waals surface area contributed by atoms with Gasteiger partial charge in [0.1, 0.15) is 12.2 Å². The van der Waals surface area contributed by atoms with E-state index in [1.54, 1.807) is 12.0 Å². The lowest BCUT2D eigenvalue weighted by Gasteiger charge is -2.36. The van der Waals surface area contributed by atoms with E-state index in [0.29, 0.717) is 19.6 Å². The smallest absolute Gasteiger partial charge is 0.232 e. The van der Waals surface area contributed by atoms with Crippen LogP contribution in [0.5, 0.6) is 5.75 Å². The van der Waals surface area contributed by atoms with Gasteiger partial charge in [0.15, 0.2) is 0 Å². The highest BCUT2D eigenvalue weighted by Crippen LogP contribution is 2.20. The van der Waals surface area contributed by atoms with Crippen LogP contribution in [0.15, 0.2) is 48.5 Å². The van der Waals surface area contributed by atoms with Crippen molar-refractivity contribution in [2.45, 2.75) is 19.9 Å². The van der Waals surface area contributed by atoms with Crippen LogP contribution in [-0.4, -0.2) is 50.0 Å². The van der Waals surface area contributed by atoms with Crippen molar-refractivity contribution >= 4 is 17.5 Å². The standard InChI is InChI=1S/C22H27N3O3/c1-17-3-5-18(6-4-17)16-23-21(26)15-22(27)25-13-11-24(12-14-25)19-7-9-20(28-2)10-8-19/h3-10H,11-16H2,1-2H3,(H,23,26). The molecule has 6 nitrogen and oxygen atoms in total. The number of ether oxygens (including phenoxy) is 1.